The van der Waals surface area contributed by atoms with Gasteiger partial charge in [-0.2, -0.15) is 0 Å². The lowest BCUT2D eigenvalue weighted by Crippen LogP contribution is -2.29. The molecule has 0 fully saturated rings. The molecule has 0 unspecified atom stereocenters. The van der Waals surface area contributed by atoms with E-state index >= 15 is 0 Å². The second kappa shape index (κ2) is 2.60. The molecule has 0 N–H and O–H groups in total. The largest absolute Gasteiger partial charge is 0.594 e. The predicted octanol–water partition coefficient (Wildman–Crippen LogP) is 1.52. The van der Waals surface area contributed by atoms with E-state index < -0.39 is 0 Å². The Balaban J connectivity index is 2.80. The molecule has 4 heteroatoms. The van der Waals surface area contributed by atoms with E-state index in [2.05, 4.69) is 5.10 Å². The molecule has 0 spiro atoms. The van der Waals surface area contributed by atoms with Crippen LogP contribution in [0.3, 0.4) is 0 Å². The summed E-state index contributed by atoms with van der Waals surface area (Å²) in [6.07, 6.45) is 2.90. The number of rotatable bonds is 0. The lowest BCUT2D eigenvalue weighted by molar-refractivity contribution is -0.667. The molecule has 0 aliphatic carbocycles. The van der Waals surface area contributed by atoms with Crippen LogP contribution in [0.25, 0.3) is 10.8 Å². The van der Waals surface area contributed by atoms with Crippen LogP contribution in [0.5, 0.6) is 0 Å². The molecule has 0 amide bonds. The van der Waals surface area contributed by atoms with Gasteiger partial charge in [0.15, 0.2) is 0 Å². The number of halogens is 1. The van der Waals surface area contributed by atoms with E-state index in [1.165, 1.54) is 12.4 Å². The normalized spacial score (nSPS) is 10.4. The summed E-state index contributed by atoms with van der Waals surface area (Å²) in [6, 6.07) is 5.32. The quantitative estimate of drug-likeness (QED) is 0.456. The minimum absolute atomic E-state index is 0.513. The number of benzene rings is 1. The van der Waals surface area contributed by atoms with Gasteiger partial charge in [0.2, 0.25) is 6.20 Å². The van der Waals surface area contributed by atoms with E-state index in [1.807, 2.05) is 6.07 Å². The number of fused-ring (bicyclic) bond motifs is 1. The fourth-order valence-corrected chi connectivity index (χ4v) is 1.23. The molecule has 1 heterocycles. The fourth-order valence-electron chi connectivity index (χ4n) is 1.05. The average molecular weight is 181 g/mol. The van der Waals surface area contributed by atoms with Crippen molar-refractivity contribution in [2.24, 2.45) is 0 Å². The van der Waals surface area contributed by atoms with Gasteiger partial charge < -0.3 is 5.21 Å². The molecular formula is C8H5ClN2O. The molecule has 0 radical (unpaired) electrons. The fraction of sp³-hybridized carbons (Fsp3) is 0. The van der Waals surface area contributed by atoms with Crippen LogP contribution < -0.4 is 4.85 Å². The van der Waals surface area contributed by atoms with Gasteiger partial charge in [-0.25, -0.2) is 0 Å². The Morgan fingerprint density at radius 1 is 1.33 bits per heavy atom. The zero-order valence-corrected chi connectivity index (χ0v) is 6.82. The molecule has 0 saturated carbocycles. The first-order valence-electron chi connectivity index (χ1n) is 3.40. The Hall–Kier alpha value is -1.35. The molecule has 0 saturated heterocycles. The van der Waals surface area contributed by atoms with Gasteiger partial charge in [-0.1, -0.05) is 22.5 Å². The summed E-state index contributed by atoms with van der Waals surface area (Å²) in [6.45, 7) is 0. The van der Waals surface area contributed by atoms with Gasteiger partial charge >= 0.3 is 0 Å². The van der Waals surface area contributed by atoms with E-state index in [0.717, 1.165) is 10.8 Å². The maximum Gasteiger partial charge on any atom is 0.217 e. The molecule has 0 aliphatic rings. The molecule has 12 heavy (non-hydrogen) atoms. The van der Waals surface area contributed by atoms with Gasteiger partial charge in [0, 0.05) is 15.5 Å². The van der Waals surface area contributed by atoms with E-state index in [4.69, 9.17) is 11.6 Å². The van der Waals surface area contributed by atoms with Crippen LogP contribution >= 0.6 is 11.6 Å². The van der Waals surface area contributed by atoms with Crippen molar-refractivity contribution in [3.8, 4) is 0 Å². The van der Waals surface area contributed by atoms with Crippen molar-refractivity contribution < 1.29 is 4.85 Å². The van der Waals surface area contributed by atoms with Crippen LogP contribution in [0.1, 0.15) is 0 Å². The molecule has 2 rings (SSSR count). The highest BCUT2D eigenvalue weighted by Gasteiger charge is 1.98. The van der Waals surface area contributed by atoms with Gasteiger partial charge in [-0.15, -0.1) is 0 Å². The SMILES string of the molecule is [O-][n+]1cc2cc(Cl)ccc2cn1. The van der Waals surface area contributed by atoms with Crippen molar-refractivity contribution in [2.45, 2.75) is 0 Å². The minimum atomic E-state index is 0.513. The van der Waals surface area contributed by atoms with E-state index in [-0.39, 0.29) is 0 Å². The van der Waals surface area contributed by atoms with Crippen molar-refractivity contribution in [3.63, 3.8) is 0 Å². The number of hydrogen-bond acceptors (Lipinski definition) is 2. The van der Waals surface area contributed by atoms with Crippen LogP contribution in [-0.2, 0) is 0 Å². The third-order valence-corrected chi connectivity index (χ3v) is 1.84. The maximum atomic E-state index is 10.8. The van der Waals surface area contributed by atoms with E-state index in [1.54, 1.807) is 12.1 Å². The highest BCUT2D eigenvalue weighted by atomic mass is 35.5. The topological polar surface area (TPSA) is 39.8 Å². The third-order valence-electron chi connectivity index (χ3n) is 1.61. The summed E-state index contributed by atoms with van der Waals surface area (Å²) in [5.74, 6) is 0. The number of nitrogens with zero attached hydrogens (tertiary/aromatic N) is 2. The van der Waals surface area contributed by atoms with Crippen LogP contribution in [0, 0.1) is 5.21 Å². The van der Waals surface area contributed by atoms with E-state index in [0.29, 0.717) is 9.87 Å². The molecule has 60 valence electrons. The number of aromatic nitrogens is 2. The maximum absolute atomic E-state index is 10.8. The summed E-state index contributed by atoms with van der Waals surface area (Å²) in [5, 5.41) is 16.6. The lowest BCUT2D eigenvalue weighted by atomic mass is 10.2. The third kappa shape index (κ3) is 1.19. The molecule has 1 aromatic heterocycles. The predicted molar refractivity (Wildman–Crippen MR) is 45.7 cm³/mol. The molecule has 0 aliphatic heterocycles. The zero-order valence-electron chi connectivity index (χ0n) is 6.07. The van der Waals surface area contributed by atoms with Crippen molar-refractivity contribution in [1.29, 1.82) is 0 Å². The monoisotopic (exact) mass is 180 g/mol. The van der Waals surface area contributed by atoms with E-state index in [9.17, 15) is 5.21 Å². The molecule has 2 aromatic rings. The summed E-state index contributed by atoms with van der Waals surface area (Å²) < 4.78 is 0. The van der Waals surface area contributed by atoms with Gasteiger partial charge in [-0.3, -0.25) is 0 Å². The first-order chi connectivity index (χ1) is 5.75. The second-order valence-electron chi connectivity index (χ2n) is 2.45. The molecular weight excluding hydrogens is 176 g/mol. The van der Waals surface area contributed by atoms with Crippen LogP contribution in [0.4, 0.5) is 0 Å². The number of hydrogen-bond donors (Lipinski definition) is 0. The summed E-state index contributed by atoms with van der Waals surface area (Å²) in [4.78, 5) is 0.513. The second-order valence-corrected chi connectivity index (χ2v) is 2.89. The van der Waals surface area contributed by atoms with Gasteiger partial charge in [0.05, 0.1) is 5.39 Å². The highest BCUT2D eigenvalue weighted by molar-refractivity contribution is 6.31. The standard InChI is InChI=1S/C8H5ClN2O/c9-8-2-1-6-4-10-11(12)5-7(6)3-8/h1-5H. The lowest BCUT2D eigenvalue weighted by Gasteiger charge is -1.96. The molecule has 3 nitrogen and oxygen atoms in total. The van der Waals surface area contributed by atoms with Crippen LogP contribution in [0.2, 0.25) is 5.02 Å². The Kier molecular flexibility index (Phi) is 1.59. The molecule has 0 atom stereocenters. The first kappa shape index (κ1) is 7.31. The van der Waals surface area contributed by atoms with Crippen LogP contribution in [0.15, 0.2) is 30.6 Å². The zero-order chi connectivity index (χ0) is 8.55. The van der Waals surface area contributed by atoms with Gasteiger partial charge in [-0.05, 0) is 12.1 Å². The van der Waals surface area contributed by atoms with Crippen molar-refractivity contribution >= 4 is 22.4 Å². The summed E-state index contributed by atoms with van der Waals surface area (Å²) in [5.41, 5.74) is 0. The van der Waals surface area contributed by atoms with Gasteiger partial charge in [0.25, 0.3) is 0 Å². The van der Waals surface area contributed by atoms with Crippen LogP contribution in [-0.4, -0.2) is 5.10 Å². The molecule has 1 aromatic carbocycles. The van der Waals surface area contributed by atoms with Crippen molar-refractivity contribution in [2.75, 3.05) is 0 Å². The Bertz CT molecular complexity index is 394. The van der Waals surface area contributed by atoms with Crippen molar-refractivity contribution in [1.82, 2.24) is 5.10 Å². The first-order valence-corrected chi connectivity index (χ1v) is 3.78. The van der Waals surface area contributed by atoms with Crippen molar-refractivity contribution in [3.05, 3.63) is 40.8 Å². The van der Waals surface area contributed by atoms with Gasteiger partial charge in [0.1, 0.15) is 6.20 Å². The Labute approximate surface area is 73.8 Å². The smallest absolute Gasteiger partial charge is 0.217 e. The average Bonchev–Trinajstić information content (AvgIpc) is 2.03. The highest BCUT2D eigenvalue weighted by Crippen LogP contribution is 2.16. The summed E-state index contributed by atoms with van der Waals surface area (Å²) >= 11 is 5.74. The Morgan fingerprint density at radius 2 is 2.17 bits per heavy atom. The minimum Gasteiger partial charge on any atom is -0.594 e. The molecule has 0 bridgehead atoms. The Morgan fingerprint density at radius 3 is 3.00 bits per heavy atom. The summed E-state index contributed by atoms with van der Waals surface area (Å²) in [7, 11) is 0.